The molecule has 2 rings (SSSR count). The lowest BCUT2D eigenvalue weighted by Gasteiger charge is -2.06. The van der Waals surface area contributed by atoms with E-state index in [1.54, 1.807) is 0 Å². The molecule has 0 radical (unpaired) electrons. The predicted molar refractivity (Wildman–Crippen MR) is 85.5 cm³/mol. The first-order chi connectivity index (χ1) is 11.0. The number of azo groups is 1. The molecule has 24 heavy (non-hydrogen) atoms. The highest BCUT2D eigenvalue weighted by atomic mass is 32.2. The molecule has 0 amide bonds. The number of nitrogen functional groups attached to an aromatic ring is 2. The van der Waals surface area contributed by atoms with Gasteiger partial charge in [-0.25, -0.2) is 0 Å². The maximum atomic E-state index is 11.4. The minimum atomic E-state index is -4.64. The van der Waals surface area contributed by atoms with Crippen LogP contribution in [0.4, 0.5) is 22.7 Å². The fraction of sp³-hybridized carbons (Fsp3) is 0. The normalized spacial score (nSPS) is 12.6. The third-order valence-corrected chi connectivity index (χ3v) is 4.54. The van der Waals surface area contributed by atoms with Crippen molar-refractivity contribution in [1.82, 2.24) is 0 Å². The van der Waals surface area contributed by atoms with Crippen molar-refractivity contribution in [2.75, 3.05) is 11.5 Å². The molecule has 0 saturated heterocycles. The Bertz CT molecular complexity index is 1010. The highest BCUT2D eigenvalue weighted by molar-refractivity contribution is 7.86. The number of benzene rings is 2. The summed E-state index contributed by atoms with van der Waals surface area (Å²) < 4.78 is 62.7. The van der Waals surface area contributed by atoms with Gasteiger partial charge in [-0.1, -0.05) is 0 Å². The van der Waals surface area contributed by atoms with E-state index < -0.39 is 25.1 Å². The Kier molecular flexibility index (Phi) is 4.57. The Labute approximate surface area is 137 Å². The lowest BCUT2D eigenvalue weighted by atomic mass is 10.2. The number of hydrogen-bond acceptors (Lipinski definition) is 8. The van der Waals surface area contributed by atoms with Gasteiger partial charge in [0.25, 0.3) is 20.2 Å². The first-order valence-electron chi connectivity index (χ1n) is 6.14. The molecule has 0 aromatic heterocycles. The van der Waals surface area contributed by atoms with Gasteiger partial charge in [0.15, 0.2) is 0 Å². The number of rotatable bonds is 4. The average molecular weight is 372 g/mol. The predicted octanol–water partition coefficient (Wildman–Crippen LogP) is 1.76. The van der Waals surface area contributed by atoms with Crippen LogP contribution in [0.15, 0.2) is 56.4 Å². The largest absolute Gasteiger partial charge is 0.399 e. The fourth-order valence-electron chi connectivity index (χ4n) is 1.75. The van der Waals surface area contributed by atoms with E-state index in [0.29, 0.717) is 0 Å². The van der Waals surface area contributed by atoms with E-state index in [1.807, 2.05) is 0 Å². The van der Waals surface area contributed by atoms with Gasteiger partial charge in [-0.3, -0.25) is 9.11 Å². The maximum absolute atomic E-state index is 11.4. The highest BCUT2D eigenvalue weighted by Crippen LogP contribution is 2.34. The van der Waals surface area contributed by atoms with Crippen molar-refractivity contribution < 1.29 is 25.9 Å². The lowest BCUT2D eigenvalue weighted by Crippen LogP contribution is -2.02. The zero-order chi connectivity index (χ0) is 18.1. The summed E-state index contributed by atoms with van der Waals surface area (Å²) in [5.41, 5.74) is 10.8. The second kappa shape index (κ2) is 6.16. The topological polar surface area (TPSA) is 185 Å². The quantitative estimate of drug-likeness (QED) is 0.355. The molecule has 0 aliphatic carbocycles. The molecule has 6 N–H and O–H groups in total. The number of hydrogen-bond donors (Lipinski definition) is 4. The minimum absolute atomic E-state index is 0.0107. The Morgan fingerprint density at radius 2 is 1.42 bits per heavy atom. The highest BCUT2D eigenvalue weighted by Gasteiger charge is 2.19. The average Bonchev–Trinajstić information content (AvgIpc) is 2.44. The van der Waals surface area contributed by atoms with Crippen LogP contribution in [0.3, 0.4) is 0 Å². The number of nitrogens with two attached hydrogens (primary N) is 2. The van der Waals surface area contributed by atoms with Crippen LogP contribution in [-0.4, -0.2) is 25.9 Å². The van der Waals surface area contributed by atoms with Crippen molar-refractivity contribution >= 4 is 43.0 Å². The lowest BCUT2D eigenvalue weighted by molar-refractivity contribution is 0.481. The van der Waals surface area contributed by atoms with Crippen LogP contribution in [0.1, 0.15) is 0 Å². The van der Waals surface area contributed by atoms with Gasteiger partial charge in [-0.2, -0.15) is 21.9 Å². The Morgan fingerprint density at radius 3 is 1.92 bits per heavy atom. The fourth-order valence-corrected chi connectivity index (χ4v) is 2.92. The van der Waals surface area contributed by atoms with Crippen LogP contribution in [0, 0.1) is 0 Å². The summed E-state index contributed by atoms with van der Waals surface area (Å²) in [7, 11) is -8.98. The van der Waals surface area contributed by atoms with Gasteiger partial charge in [-0.15, -0.1) is 5.11 Å². The SMILES string of the molecule is Nc1cc(N)c(N=Nc2ccc(S(=O)(=O)O)cc2)c(S(=O)(=O)O)c1. The summed E-state index contributed by atoms with van der Waals surface area (Å²) in [5.74, 6) is 0. The van der Waals surface area contributed by atoms with Crippen LogP contribution in [-0.2, 0) is 20.2 Å². The molecule has 12 heteroatoms. The third kappa shape index (κ3) is 4.05. The molecule has 0 spiro atoms. The van der Waals surface area contributed by atoms with E-state index in [2.05, 4.69) is 10.2 Å². The zero-order valence-electron chi connectivity index (χ0n) is 11.9. The van der Waals surface area contributed by atoms with E-state index in [9.17, 15) is 21.4 Å². The van der Waals surface area contributed by atoms with E-state index >= 15 is 0 Å². The summed E-state index contributed by atoms with van der Waals surface area (Å²) in [4.78, 5) is -0.953. The van der Waals surface area contributed by atoms with Crippen molar-refractivity contribution in [1.29, 1.82) is 0 Å². The first-order valence-corrected chi connectivity index (χ1v) is 9.02. The summed E-state index contributed by atoms with van der Waals surface area (Å²) in [6.07, 6.45) is 0. The van der Waals surface area contributed by atoms with Crippen LogP contribution >= 0.6 is 0 Å². The zero-order valence-corrected chi connectivity index (χ0v) is 13.5. The van der Waals surface area contributed by atoms with Crippen LogP contribution in [0.5, 0.6) is 0 Å². The van der Waals surface area contributed by atoms with Gasteiger partial charge in [0.2, 0.25) is 0 Å². The van der Waals surface area contributed by atoms with E-state index in [1.165, 1.54) is 18.2 Å². The molecule has 0 saturated carbocycles. The molecular weight excluding hydrogens is 360 g/mol. The molecule has 2 aromatic carbocycles. The maximum Gasteiger partial charge on any atom is 0.296 e. The van der Waals surface area contributed by atoms with Crippen LogP contribution < -0.4 is 11.5 Å². The Balaban J connectivity index is 2.46. The van der Waals surface area contributed by atoms with Gasteiger partial charge in [0.05, 0.1) is 16.3 Å². The monoisotopic (exact) mass is 372 g/mol. The van der Waals surface area contributed by atoms with Crippen LogP contribution in [0.2, 0.25) is 0 Å². The van der Waals surface area contributed by atoms with Crippen molar-refractivity contribution in [2.24, 2.45) is 10.2 Å². The second-order valence-corrected chi connectivity index (χ2v) is 7.41. The van der Waals surface area contributed by atoms with Gasteiger partial charge in [0, 0.05) is 5.69 Å². The van der Waals surface area contributed by atoms with Gasteiger partial charge in [-0.05, 0) is 36.4 Å². The van der Waals surface area contributed by atoms with Gasteiger partial charge >= 0.3 is 0 Å². The molecule has 0 fully saturated rings. The molecular formula is C12H12N4O6S2. The second-order valence-electron chi connectivity index (χ2n) is 4.60. The standard InChI is InChI=1S/C12H12N4O6S2/c13-7-5-10(14)12(11(6-7)24(20,21)22)16-15-8-1-3-9(4-2-8)23(17,18)19/h1-6H,13-14H2,(H,17,18,19)(H,20,21,22). The number of anilines is 2. The van der Waals surface area contributed by atoms with E-state index in [0.717, 1.165) is 18.2 Å². The number of nitrogens with zero attached hydrogens (tertiary/aromatic N) is 2. The molecule has 2 aromatic rings. The molecule has 0 unspecified atom stereocenters. The first kappa shape index (κ1) is 17.8. The Hall–Kier alpha value is -2.54. The molecule has 10 nitrogen and oxygen atoms in total. The molecule has 128 valence electrons. The summed E-state index contributed by atoms with van der Waals surface area (Å²) in [5, 5.41) is 7.39. The van der Waals surface area contributed by atoms with E-state index in [4.69, 9.17) is 16.0 Å². The Morgan fingerprint density at radius 1 is 0.833 bits per heavy atom. The molecule has 0 heterocycles. The van der Waals surface area contributed by atoms with Crippen molar-refractivity contribution in [3.8, 4) is 0 Å². The molecule has 0 aliphatic rings. The molecule has 0 bridgehead atoms. The third-order valence-electron chi connectivity index (χ3n) is 2.80. The summed E-state index contributed by atoms with van der Waals surface area (Å²) in [6, 6.07) is 6.84. The summed E-state index contributed by atoms with van der Waals surface area (Å²) in [6.45, 7) is 0. The van der Waals surface area contributed by atoms with Crippen molar-refractivity contribution in [3.05, 3.63) is 36.4 Å². The minimum Gasteiger partial charge on any atom is -0.399 e. The van der Waals surface area contributed by atoms with Crippen molar-refractivity contribution in [2.45, 2.75) is 9.79 Å². The van der Waals surface area contributed by atoms with E-state index in [-0.39, 0.29) is 27.6 Å². The summed E-state index contributed by atoms with van der Waals surface area (Å²) >= 11 is 0. The smallest absolute Gasteiger partial charge is 0.296 e. The van der Waals surface area contributed by atoms with Crippen molar-refractivity contribution in [3.63, 3.8) is 0 Å². The van der Waals surface area contributed by atoms with Gasteiger partial charge < -0.3 is 11.5 Å². The van der Waals surface area contributed by atoms with Gasteiger partial charge in [0.1, 0.15) is 10.6 Å². The molecule has 0 aliphatic heterocycles. The van der Waals surface area contributed by atoms with Crippen LogP contribution in [0.25, 0.3) is 0 Å². The molecule has 0 atom stereocenters.